The molecule has 2 aromatic heterocycles. The standard InChI is InChI=1S/C37H38F2N4O5S/c1-36(2)15-6-16-37(3,24-8-5-7-23(19-24)9-12-32(44)45)35-41-34(43(4)42-35)28-20-25(10-11-29(28)38)48-33-27(14-18-49(46,47)22-36)26-13-17-40-31(26)21-30(33)39/h5,7-13,17,19-21,40H,6,14-16,18,22H2,1-4H3,(H,44,45)/b12-9+/i3D3. The second-order valence-corrected chi connectivity index (χ2v) is 15.5. The monoisotopic (exact) mass is 691 g/mol. The van der Waals surface area contributed by atoms with E-state index < -0.39 is 45.1 Å². The number of rotatable bonds is 3. The number of nitrogens with one attached hydrogen (secondary N) is 1. The predicted molar refractivity (Wildman–Crippen MR) is 184 cm³/mol. The van der Waals surface area contributed by atoms with Crippen LogP contribution in [0.2, 0.25) is 0 Å². The third kappa shape index (κ3) is 7.15. The number of nitrogens with zero attached hydrogens (tertiary/aromatic N) is 3. The second kappa shape index (κ2) is 12.9. The van der Waals surface area contributed by atoms with Gasteiger partial charge in [-0.3, -0.25) is 0 Å². The number of halogens is 2. The molecule has 9 nitrogen and oxygen atoms in total. The Morgan fingerprint density at radius 1 is 1.12 bits per heavy atom. The summed E-state index contributed by atoms with van der Waals surface area (Å²) in [5, 5.41) is 14.4. The quantitative estimate of drug-likeness (QED) is 0.187. The SMILES string of the molecule is [2H]C([2H])([2H])C1(c2cccc(/C=C/C(=O)O)c2)CCCC(C)(C)CS(=O)(=O)CCc2c(c(F)cc3[nH]ccc23)Oc2ccc(F)c(c2)-c2nc1nn2C. The molecular formula is C37H38F2N4O5S. The number of hydrogen-bond donors (Lipinski definition) is 2. The fourth-order valence-corrected chi connectivity index (χ4v) is 8.52. The van der Waals surface area contributed by atoms with E-state index in [0.29, 0.717) is 28.5 Å². The zero-order valence-corrected chi connectivity index (χ0v) is 28.1. The van der Waals surface area contributed by atoms with Crippen LogP contribution in [0.25, 0.3) is 28.4 Å². The minimum absolute atomic E-state index is 0.0113. The van der Waals surface area contributed by atoms with Gasteiger partial charge in [-0.15, -0.1) is 0 Å². The maximum absolute atomic E-state index is 15.7. The van der Waals surface area contributed by atoms with E-state index in [9.17, 15) is 18.3 Å². The molecular weight excluding hydrogens is 650 g/mol. The Balaban J connectivity index is 1.58. The summed E-state index contributed by atoms with van der Waals surface area (Å²) < 4.78 is 92.8. The van der Waals surface area contributed by atoms with Gasteiger partial charge in [0.2, 0.25) is 0 Å². The van der Waals surface area contributed by atoms with Crippen molar-refractivity contribution in [2.45, 2.75) is 51.8 Å². The highest BCUT2D eigenvalue weighted by Crippen LogP contribution is 2.41. The molecule has 0 saturated heterocycles. The molecule has 49 heavy (non-hydrogen) atoms. The Bertz CT molecular complexity index is 2320. The van der Waals surface area contributed by atoms with Gasteiger partial charge in [0.25, 0.3) is 0 Å². The topological polar surface area (TPSA) is 127 Å². The van der Waals surface area contributed by atoms with Crippen molar-refractivity contribution in [1.82, 2.24) is 19.7 Å². The molecule has 1 atom stereocenters. The smallest absolute Gasteiger partial charge is 0.328 e. The van der Waals surface area contributed by atoms with E-state index >= 15 is 8.78 Å². The van der Waals surface area contributed by atoms with Gasteiger partial charge >= 0.3 is 5.97 Å². The summed E-state index contributed by atoms with van der Waals surface area (Å²) in [5.74, 6) is -3.48. The molecule has 12 heteroatoms. The van der Waals surface area contributed by atoms with Crippen LogP contribution in [0.1, 0.15) is 66.6 Å². The number of aromatic amines is 1. The molecule has 0 aliphatic carbocycles. The van der Waals surface area contributed by atoms with E-state index in [-0.39, 0.29) is 65.0 Å². The summed E-state index contributed by atoms with van der Waals surface area (Å²) >= 11 is 0. The van der Waals surface area contributed by atoms with Crippen molar-refractivity contribution in [2.75, 3.05) is 11.5 Å². The number of fused-ring (bicyclic) bond motifs is 8. The zero-order valence-electron chi connectivity index (χ0n) is 30.3. The lowest BCUT2D eigenvalue weighted by Crippen LogP contribution is -2.29. The normalized spacial score (nSPS) is 20.7. The van der Waals surface area contributed by atoms with Crippen molar-refractivity contribution in [3.8, 4) is 22.9 Å². The van der Waals surface area contributed by atoms with Crippen molar-refractivity contribution in [2.24, 2.45) is 12.5 Å². The second-order valence-electron chi connectivity index (χ2n) is 13.3. The van der Waals surface area contributed by atoms with Gasteiger partial charge in [0.05, 0.1) is 22.5 Å². The highest BCUT2D eigenvalue weighted by molar-refractivity contribution is 7.91. The first-order valence-electron chi connectivity index (χ1n) is 17.3. The van der Waals surface area contributed by atoms with Gasteiger partial charge < -0.3 is 14.8 Å². The van der Waals surface area contributed by atoms with Gasteiger partial charge in [0, 0.05) is 46.0 Å². The Labute approximate surface area is 287 Å². The molecule has 256 valence electrons. The number of carboxylic acid groups (broad SMARTS) is 1. The summed E-state index contributed by atoms with van der Waals surface area (Å²) in [7, 11) is -2.23. The third-order valence-electron chi connectivity index (χ3n) is 8.89. The van der Waals surface area contributed by atoms with Gasteiger partial charge in [0.1, 0.15) is 11.6 Å². The van der Waals surface area contributed by atoms with Crippen molar-refractivity contribution in [1.29, 1.82) is 0 Å². The van der Waals surface area contributed by atoms with E-state index in [1.807, 2.05) is 0 Å². The third-order valence-corrected chi connectivity index (χ3v) is 10.9. The molecule has 0 saturated carbocycles. The molecule has 2 N–H and O–H groups in total. The Kier molecular flexibility index (Phi) is 7.95. The summed E-state index contributed by atoms with van der Waals surface area (Å²) in [6, 6.07) is 13.1. The van der Waals surface area contributed by atoms with Crippen LogP contribution in [0, 0.1) is 17.0 Å². The Hall–Kier alpha value is -4.84. The number of aryl methyl sites for hydroxylation is 2. The van der Waals surface area contributed by atoms with Crippen LogP contribution in [0.4, 0.5) is 8.78 Å². The number of aliphatic carboxylic acids is 1. The molecule has 6 rings (SSSR count). The van der Waals surface area contributed by atoms with Crippen molar-refractivity contribution in [3.63, 3.8) is 0 Å². The number of ether oxygens (including phenoxy) is 1. The Morgan fingerprint density at radius 3 is 2.71 bits per heavy atom. The van der Waals surface area contributed by atoms with Crippen LogP contribution >= 0.6 is 0 Å². The molecule has 0 fully saturated rings. The first-order chi connectivity index (χ1) is 24.4. The number of hydrogen-bond acceptors (Lipinski definition) is 6. The predicted octanol–water partition coefficient (Wildman–Crippen LogP) is 7.61. The minimum Gasteiger partial charge on any atom is -0.478 e. The molecule has 1 aliphatic heterocycles. The van der Waals surface area contributed by atoms with Crippen LogP contribution < -0.4 is 4.74 Å². The van der Waals surface area contributed by atoms with Crippen LogP contribution in [-0.2, 0) is 33.5 Å². The van der Waals surface area contributed by atoms with Gasteiger partial charge in [-0.05, 0) is 73.0 Å². The number of H-pyrrole nitrogens is 1. The summed E-state index contributed by atoms with van der Waals surface area (Å²) in [5.41, 5.74) is -1.27. The first-order valence-corrected chi connectivity index (χ1v) is 17.6. The fraction of sp³-hybridized carbons (Fsp3) is 0.324. The van der Waals surface area contributed by atoms with Crippen molar-refractivity contribution < 1.29 is 35.9 Å². The first kappa shape index (κ1) is 30.2. The van der Waals surface area contributed by atoms with Gasteiger partial charge in [0.15, 0.2) is 33.1 Å². The lowest BCUT2D eigenvalue weighted by atomic mass is 9.75. The van der Waals surface area contributed by atoms with Gasteiger partial charge in [-0.1, -0.05) is 44.5 Å². The zero-order chi connectivity index (χ0) is 37.6. The lowest BCUT2D eigenvalue weighted by Gasteiger charge is -2.30. The maximum atomic E-state index is 15.7. The number of aromatic nitrogens is 4. The molecule has 5 aromatic rings. The van der Waals surface area contributed by atoms with Crippen LogP contribution in [-0.4, -0.2) is 50.7 Å². The lowest BCUT2D eigenvalue weighted by molar-refractivity contribution is -0.131. The number of carboxylic acids is 1. The highest BCUT2D eigenvalue weighted by Gasteiger charge is 2.36. The van der Waals surface area contributed by atoms with E-state index in [2.05, 4.69) is 15.1 Å². The largest absolute Gasteiger partial charge is 0.478 e. The number of sulfone groups is 1. The van der Waals surface area contributed by atoms with Gasteiger partial charge in [-0.2, -0.15) is 5.10 Å². The molecule has 1 unspecified atom stereocenters. The number of carbonyl (C=O) groups is 1. The van der Waals surface area contributed by atoms with E-state index in [4.69, 9.17) is 8.85 Å². The van der Waals surface area contributed by atoms with Crippen molar-refractivity contribution in [3.05, 3.63) is 101 Å². The summed E-state index contributed by atoms with van der Waals surface area (Å²) in [6.07, 6.45) is 4.33. The van der Waals surface area contributed by atoms with Crippen LogP contribution in [0.3, 0.4) is 0 Å². The molecule has 0 radical (unpaired) electrons. The van der Waals surface area contributed by atoms with Gasteiger partial charge in [-0.25, -0.2) is 31.7 Å². The van der Waals surface area contributed by atoms with E-state index in [1.54, 1.807) is 50.4 Å². The van der Waals surface area contributed by atoms with E-state index in [1.165, 1.54) is 36.0 Å². The average Bonchev–Trinajstić information content (AvgIpc) is 3.67. The minimum atomic E-state index is -3.74. The fourth-order valence-electron chi connectivity index (χ4n) is 6.53. The highest BCUT2D eigenvalue weighted by atomic mass is 32.2. The van der Waals surface area contributed by atoms with Crippen LogP contribution in [0.15, 0.2) is 66.9 Å². The average molecular weight is 692 g/mol. The Morgan fingerprint density at radius 2 is 1.94 bits per heavy atom. The van der Waals surface area contributed by atoms with E-state index in [0.717, 1.165) is 12.1 Å². The molecule has 3 heterocycles. The molecule has 3 aromatic carbocycles. The maximum Gasteiger partial charge on any atom is 0.328 e. The van der Waals surface area contributed by atoms with Crippen molar-refractivity contribution >= 4 is 32.8 Å². The summed E-state index contributed by atoms with van der Waals surface area (Å²) in [6.45, 7) is 0.807. The molecule has 0 amide bonds. The molecule has 4 bridgehead atoms. The molecule has 1 aliphatic rings. The van der Waals surface area contributed by atoms with Crippen LogP contribution in [0.5, 0.6) is 11.5 Å². The summed E-state index contributed by atoms with van der Waals surface area (Å²) in [4.78, 5) is 18.9. The molecule has 0 spiro atoms. The number of benzene rings is 3.